The monoisotopic (exact) mass is 266 g/mol. The van der Waals surface area contributed by atoms with E-state index in [1.807, 2.05) is 18.7 Å². The molecule has 1 aromatic rings. The molecule has 104 valence electrons. The van der Waals surface area contributed by atoms with Gasteiger partial charge in [0.2, 0.25) is 11.9 Å². The third kappa shape index (κ3) is 3.62. The lowest BCUT2D eigenvalue weighted by atomic mass is 10.0. The normalized spacial score (nSPS) is 19.6. The molecule has 2 rings (SSSR count). The van der Waals surface area contributed by atoms with Crippen LogP contribution in [-0.4, -0.2) is 39.9 Å². The van der Waals surface area contributed by atoms with E-state index >= 15 is 0 Å². The van der Waals surface area contributed by atoms with Crippen molar-refractivity contribution in [3.63, 3.8) is 0 Å². The van der Waals surface area contributed by atoms with E-state index < -0.39 is 5.82 Å². The molecule has 6 heteroatoms. The van der Waals surface area contributed by atoms with Crippen LogP contribution >= 0.6 is 0 Å². The lowest BCUT2D eigenvalue weighted by molar-refractivity contribution is -0.135. The van der Waals surface area contributed by atoms with Gasteiger partial charge in [-0.15, -0.1) is 0 Å². The van der Waals surface area contributed by atoms with Crippen LogP contribution in [0, 0.1) is 11.7 Å². The predicted molar refractivity (Wildman–Crippen MR) is 70.1 cm³/mol. The van der Waals surface area contributed by atoms with E-state index in [4.69, 9.17) is 0 Å². The number of aromatic nitrogens is 2. The van der Waals surface area contributed by atoms with E-state index in [9.17, 15) is 9.18 Å². The topological polar surface area (TPSA) is 58.1 Å². The van der Waals surface area contributed by atoms with Crippen molar-refractivity contribution < 1.29 is 9.18 Å². The Bertz CT molecular complexity index is 435. The van der Waals surface area contributed by atoms with Crippen LogP contribution in [-0.2, 0) is 4.79 Å². The zero-order chi connectivity index (χ0) is 13.8. The number of nitrogens with one attached hydrogen (secondary N) is 1. The maximum atomic E-state index is 12.7. The lowest BCUT2D eigenvalue weighted by Gasteiger charge is -2.34. The number of rotatable bonds is 3. The highest BCUT2D eigenvalue weighted by Gasteiger charge is 2.25. The highest BCUT2D eigenvalue weighted by atomic mass is 19.1. The average Bonchev–Trinajstić information content (AvgIpc) is 2.41. The molecular weight excluding hydrogens is 247 g/mol. The number of carbonyl (C=O) groups is 1. The second-order valence-corrected chi connectivity index (χ2v) is 5.15. The molecule has 0 spiro atoms. The fourth-order valence-electron chi connectivity index (χ4n) is 2.23. The minimum atomic E-state index is -0.453. The van der Waals surface area contributed by atoms with E-state index in [1.54, 1.807) is 0 Å². The Morgan fingerprint density at radius 2 is 2.16 bits per heavy atom. The van der Waals surface area contributed by atoms with E-state index in [0.29, 0.717) is 12.5 Å². The van der Waals surface area contributed by atoms with E-state index in [2.05, 4.69) is 15.3 Å². The number of likely N-dealkylation sites (tertiary alicyclic amines) is 1. The molecule has 1 amide bonds. The van der Waals surface area contributed by atoms with Crippen molar-refractivity contribution in [1.29, 1.82) is 0 Å². The Labute approximate surface area is 112 Å². The van der Waals surface area contributed by atoms with Crippen LogP contribution < -0.4 is 5.32 Å². The summed E-state index contributed by atoms with van der Waals surface area (Å²) in [6, 6.07) is 0.127. The fourth-order valence-corrected chi connectivity index (χ4v) is 2.23. The van der Waals surface area contributed by atoms with Crippen molar-refractivity contribution in [2.24, 2.45) is 5.92 Å². The van der Waals surface area contributed by atoms with Gasteiger partial charge in [0, 0.05) is 25.0 Å². The highest BCUT2D eigenvalue weighted by molar-refractivity contribution is 5.78. The molecule has 2 heterocycles. The molecule has 0 saturated carbocycles. The third-order valence-corrected chi connectivity index (χ3v) is 3.18. The molecule has 1 aromatic heterocycles. The standard InChI is InChI=1S/C13H19FN4O/c1-9(2)12(19)18-5-3-4-11(8-18)17-13-15-6-10(14)7-16-13/h6-7,9,11H,3-5,8H2,1-2H3,(H,15,16,17)/t11-/m1/s1. The molecule has 1 saturated heterocycles. The van der Waals surface area contributed by atoms with Gasteiger partial charge in [-0.05, 0) is 12.8 Å². The van der Waals surface area contributed by atoms with E-state index in [-0.39, 0.29) is 17.9 Å². The molecule has 0 unspecified atom stereocenters. The van der Waals surface area contributed by atoms with Crippen molar-refractivity contribution >= 4 is 11.9 Å². The zero-order valence-electron chi connectivity index (χ0n) is 11.3. The van der Waals surface area contributed by atoms with E-state index in [0.717, 1.165) is 31.8 Å². The quantitative estimate of drug-likeness (QED) is 0.904. The molecule has 1 aliphatic heterocycles. The second kappa shape index (κ2) is 5.95. The first-order valence-corrected chi connectivity index (χ1v) is 6.59. The fraction of sp³-hybridized carbons (Fsp3) is 0.615. The summed E-state index contributed by atoms with van der Waals surface area (Å²) < 4.78 is 12.7. The number of hydrogen-bond donors (Lipinski definition) is 1. The largest absolute Gasteiger partial charge is 0.350 e. The Balaban J connectivity index is 1.94. The van der Waals surface area contributed by atoms with Gasteiger partial charge in [0.15, 0.2) is 5.82 Å². The summed E-state index contributed by atoms with van der Waals surface area (Å²) >= 11 is 0. The second-order valence-electron chi connectivity index (χ2n) is 5.15. The van der Waals surface area contributed by atoms with Crippen LogP contribution in [0.4, 0.5) is 10.3 Å². The SMILES string of the molecule is CC(C)C(=O)N1CCC[C@@H](Nc2ncc(F)cn2)C1. The van der Waals surface area contributed by atoms with Crippen LogP contribution in [0.15, 0.2) is 12.4 Å². The summed E-state index contributed by atoms with van der Waals surface area (Å²) in [5.41, 5.74) is 0. The van der Waals surface area contributed by atoms with Crippen molar-refractivity contribution in [1.82, 2.24) is 14.9 Å². The molecule has 19 heavy (non-hydrogen) atoms. The Morgan fingerprint density at radius 3 is 2.79 bits per heavy atom. The summed E-state index contributed by atoms with van der Waals surface area (Å²) in [4.78, 5) is 21.6. The average molecular weight is 266 g/mol. The third-order valence-electron chi connectivity index (χ3n) is 3.18. The minimum absolute atomic E-state index is 0.0146. The Kier molecular flexibility index (Phi) is 4.29. The number of halogens is 1. The minimum Gasteiger partial charge on any atom is -0.350 e. The molecule has 0 aliphatic carbocycles. The molecule has 1 atom stereocenters. The molecule has 1 aliphatic rings. The molecule has 0 bridgehead atoms. The van der Waals surface area contributed by atoms with Gasteiger partial charge in [-0.1, -0.05) is 13.8 Å². The number of carbonyl (C=O) groups excluding carboxylic acids is 1. The first-order valence-electron chi connectivity index (χ1n) is 6.59. The predicted octanol–water partition coefficient (Wildman–Crippen LogP) is 1.67. The van der Waals surface area contributed by atoms with Gasteiger partial charge >= 0.3 is 0 Å². The number of piperidine rings is 1. The van der Waals surface area contributed by atoms with Crippen LogP contribution in [0.2, 0.25) is 0 Å². The number of hydrogen-bond acceptors (Lipinski definition) is 4. The number of amides is 1. The van der Waals surface area contributed by atoms with Crippen LogP contribution in [0.3, 0.4) is 0 Å². The first-order chi connectivity index (χ1) is 9.06. The number of nitrogens with zero attached hydrogens (tertiary/aromatic N) is 3. The summed E-state index contributed by atoms with van der Waals surface area (Å²) in [5.74, 6) is 0.142. The number of anilines is 1. The zero-order valence-corrected chi connectivity index (χ0v) is 11.3. The molecular formula is C13H19FN4O. The lowest BCUT2D eigenvalue weighted by Crippen LogP contribution is -2.46. The summed E-state index contributed by atoms with van der Waals surface area (Å²) in [6.07, 6.45) is 4.18. The van der Waals surface area contributed by atoms with Gasteiger partial charge in [0.05, 0.1) is 12.4 Å². The molecule has 1 fully saturated rings. The van der Waals surface area contributed by atoms with Crippen molar-refractivity contribution in [3.8, 4) is 0 Å². The summed E-state index contributed by atoms with van der Waals surface area (Å²) in [6.45, 7) is 5.27. The van der Waals surface area contributed by atoms with Gasteiger partial charge in [-0.3, -0.25) is 4.79 Å². The van der Waals surface area contributed by atoms with Gasteiger partial charge in [0.25, 0.3) is 0 Å². The van der Waals surface area contributed by atoms with Crippen LogP contribution in [0.1, 0.15) is 26.7 Å². The molecule has 0 aromatic carbocycles. The Hall–Kier alpha value is -1.72. The first kappa shape index (κ1) is 13.7. The van der Waals surface area contributed by atoms with Crippen molar-refractivity contribution in [2.45, 2.75) is 32.7 Å². The smallest absolute Gasteiger partial charge is 0.225 e. The highest BCUT2D eigenvalue weighted by Crippen LogP contribution is 2.15. The van der Waals surface area contributed by atoms with Gasteiger partial charge < -0.3 is 10.2 Å². The van der Waals surface area contributed by atoms with Crippen molar-refractivity contribution in [3.05, 3.63) is 18.2 Å². The van der Waals surface area contributed by atoms with Gasteiger partial charge in [-0.25, -0.2) is 14.4 Å². The molecule has 1 N–H and O–H groups in total. The van der Waals surface area contributed by atoms with E-state index in [1.165, 1.54) is 0 Å². The van der Waals surface area contributed by atoms with Gasteiger partial charge in [-0.2, -0.15) is 0 Å². The van der Waals surface area contributed by atoms with Gasteiger partial charge in [0.1, 0.15) is 0 Å². The van der Waals surface area contributed by atoms with Crippen LogP contribution in [0.25, 0.3) is 0 Å². The maximum absolute atomic E-state index is 12.7. The van der Waals surface area contributed by atoms with Crippen LogP contribution in [0.5, 0.6) is 0 Å². The summed E-state index contributed by atoms with van der Waals surface area (Å²) in [7, 11) is 0. The Morgan fingerprint density at radius 1 is 1.47 bits per heavy atom. The maximum Gasteiger partial charge on any atom is 0.225 e. The van der Waals surface area contributed by atoms with Crippen molar-refractivity contribution in [2.75, 3.05) is 18.4 Å². The summed E-state index contributed by atoms with van der Waals surface area (Å²) in [5, 5.41) is 3.15. The molecule has 0 radical (unpaired) electrons. The molecule has 5 nitrogen and oxygen atoms in total.